The summed E-state index contributed by atoms with van der Waals surface area (Å²) in [5.74, 6) is 2.49. The lowest BCUT2D eigenvalue weighted by atomic mass is 9.87. The molecule has 3 N–H and O–H groups in total. The highest BCUT2D eigenvalue weighted by Gasteiger charge is 2.18. The van der Waals surface area contributed by atoms with Crippen LogP contribution in [0.4, 0.5) is 5.82 Å². The van der Waals surface area contributed by atoms with Crippen LogP contribution >= 0.6 is 0 Å². The number of hydrogen-bond donors (Lipinski definition) is 2. The number of aromatic nitrogens is 2. The third-order valence-electron chi connectivity index (χ3n) is 3.26. The maximum atomic E-state index is 5.52. The average molecular weight is 220 g/mol. The number of nitrogens with two attached hydrogens (primary N) is 1. The highest BCUT2D eigenvalue weighted by molar-refractivity contribution is 5.34. The number of rotatable bonds is 3. The Morgan fingerprint density at radius 3 is 2.81 bits per heavy atom. The van der Waals surface area contributed by atoms with E-state index in [0.717, 1.165) is 11.7 Å². The SMILES string of the molecule is CC1CCC(Nc2ccnc(CN)n2)CC1. The van der Waals surface area contributed by atoms with E-state index in [4.69, 9.17) is 5.73 Å². The van der Waals surface area contributed by atoms with Crippen LogP contribution < -0.4 is 11.1 Å². The Kier molecular flexibility index (Phi) is 3.72. The van der Waals surface area contributed by atoms with E-state index in [1.54, 1.807) is 6.20 Å². The molecule has 0 bridgehead atoms. The summed E-state index contributed by atoms with van der Waals surface area (Å²) < 4.78 is 0. The molecule has 0 spiro atoms. The molecule has 1 aromatic heterocycles. The Morgan fingerprint density at radius 1 is 1.38 bits per heavy atom. The number of anilines is 1. The molecule has 0 amide bonds. The molecule has 1 fully saturated rings. The third kappa shape index (κ3) is 2.92. The quantitative estimate of drug-likeness (QED) is 0.817. The van der Waals surface area contributed by atoms with Gasteiger partial charge in [0.1, 0.15) is 11.6 Å². The summed E-state index contributed by atoms with van der Waals surface area (Å²) in [7, 11) is 0. The molecule has 2 rings (SSSR count). The van der Waals surface area contributed by atoms with Crippen molar-refractivity contribution in [2.24, 2.45) is 11.7 Å². The van der Waals surface area contributed by atoms with Crippen LogP contribution in [0.2, 0.25) is 0 Å². The van der Waals surface area contributed by atoms with Crippen LogP contribution in [0, 0.1) is 5.92 Å². The van der Waals surface area contributed by atoms with Crippen molar-refractivity contribution in [3.8, 4) is 0 Å². The standard InChI is InChI=1S/C12H20N4/c1-9-2-4-10(5-3-9)15-11-6-7-14-12(8-13)16-11/h6-7,9-10H,2-5,8,13H2,1H3,(H,14,15,16). The van der Waals surface area contributed by atoms with Gasteiger partial charge in [-0.15, -0.1) is 0 Å². The van der Waals surface area contributed by atoms with E-state index in [9.17, 15) is 0 Å². The van der Waals surface area contributed by atoms with E-state index in [0.29, 0.717) is 18.4 Å². The van der Waals surface area contributed by atoms with E-state index in [2.05, 4.69) is 22.2 Å². The summed E-state index contributed by atoms with van der Waals surface area (Å²) in [5, 5.41) is 3.47. The van der Waals surface area contributed by atoms with Crippen LogP contribution in [0.15, 0.2) is 12.3 Å². The zero-order chi connectivity index (χ0) is 11.4. The fourth-order valence-corrected chi connectivity index (χ4v) is 2.19. The van der Waals surface area contributed by atoms with Gasteiger partial charge < -0.3 is 11.1 Å². The van der Waals surface area contributed by atoms with Crippen molar-refractivity contribution in [1.82, 2.24) is 9.97 Å². The zero-order valence-corrected chi connectivity index (χ0v) is 9.82. The van der Waals surface area contributed by atoms with Crippen LogP contribution in [0.3, 0.4) is 0 Å². The number of nitrogens with one attached hydrogen (secondary N) is 1. The van der Waals surface area contributed by atoms with Gasteiger partial charge in [-0.05, 0) is 37.7 Å². The summed E-state index contributed by atoms with van der Waals surface area (Å²) in [6.45, 7) is 2.73. The summed E-state index contributed by atoms with van der Waals surface area (Å²) in [6, 6.07) is 2.48. The minimum absolute atomic E-state index is 0.400. The summed E-state index contributed by atoms with van der Waals surface area (Å²) >= 11 is 0. The van der Waals surface area contributed by atoms with Gasteiger partial charge in [-0.2, -0.15) is 0 Å². The molecule has 1 aromatic rings. The van der Waals surface area contributed by atoms with Crippen LogP contribution in [0.1, 0.15) is 38.4 Å². The van der Waals surface area contributed by atoms with E-state index < -0.39 is 0 Å². The first-order chi connectivity index (χ1) is 7.78. The molecule has 0 atom stereocenters. The van der Waals surface area contributed by atoms with Gasteiger partial charge in [-0.3, -0.25) is 0 Å². The normalized spacial score (nSPS) is 25.4. The van der Waals surface area contributed by atoms with Gasteiger partial charge in [0.15, 0.2) is 0 Å². The number of hydrogen-bond acceptors (Lipinski definition) is 4. The van der Waals surface area contributed by atoms with Gasteiger partial charge >= 0.3 is 0 Å². The van der Waals surface area contributed by atoms with Gasteiger partial charge in [0, 0.05) is 12.2 Å². The molecule has 0 aliphatic heterocycles. The van der Waals surface area contributed by atoms with Gasteiger partial charge in [-0.25, -0.2) is 9.97 Å². The molecular weight excluding hydrogens is 200 g/mol. The Labute approximate surface area is 96.7 Å². The molecule has 0 aromatic carbocycles. The Morgan fingerprint density at radius 2 is 2.12 bits per heavy atom. The van der Waals surface area contributed by atoms with Crippen LogP contribution in [0.5, 0.6) is 0 Å². The van der Waals surface area contributed by atoms with Crippen molar-refractivity contribution in [2.75, 3.05) is 5.32 Å². The monoisotopic (exact) mass is 220 g/mol. The molecule has 4 nitrogen and oxygen atoms in total. The van der Waals surface area contributed by atoms with E-state index in [1.165, 1.54) is 25.7 Å². The Bertz CT molecular complexity index is 332. The molecule has 16 heavy (non-hydrogen) atoms. The maximum absolute atomic E-state index is 5.52. The van der Waals surface area contributed by atoms with Crippen molar-refractivity contribution >= 4 is 5.82 Å². The summed E-state index contributed by atoms with van der Waals surface area (Å²) in [6.07, 6.45) is 6.87. The van der Waals surface area contributed by atoms with Crippen molar-refractivity contribution in [1.29, 1.82) is 0 Å². The topological polar surface area (TPSA) is 63.8 Å². The van der Waals surface area contributed by atoms with Crippen molar-refractivity contribution < 1.29 is 0 Å². The first-order valence-corrected chi connectivity index (χ1v) is 6.06. The van der Waals surface area contributed by atoms with Gasteiger partial charge in [0.25, 0.3) is 0 Å². The number of nitrogens with zero attached hydrogens (tertiary/aromatic N) is 2. The maximum Gasteiger partial charge on any atom is 0.144 e. The van der Waals surface area contributed by atoms with Crippen LogP contribution in [-0.2, 0) is 6.54 Å². The van der Waals surface area contributed by atoms with Gasteiger partial charge in [0.2, 0.25) is 0 Å². The second-order valence-electron chi connectivity index (χ2n) is 4.66. The van der Waals surface area contributed by atoms with E-state index >= 15 is 0 Å². The van der Waals surface area contributed by atoms with E-state index in [1.807, 2.05) is 6.07 Å². The van der Waals surface area contributed by atoms with Crippen LogP contribution in [0.25, 0.3) is 0 Å². The molecular formula is C12H20N4. The van der Waals surface area contributed by atoms with Gasteiger partial charge in [-0.1, -0.05) is 6.92 Å². The minimum Gasteiger partial charge on any atom is -0.367 e. The first-order valence-electron chi connectivity index (χ1n) is 6.06. The van der Waals surface area contributed by atoms with Crippen LogP contribution in [-0.4, -0.2) is 16.0 Å². The smallest absolute Gasteiger partial charge is 0.144 e. The highest BCUT2D eigenvalue weighted by atomic mass is 15.1. The second-order valence-corrected chi connectivity index (χ2v) is 4.66. The molecule has 0 saturated heterocycles. The van der Waals surface area contributed by atoms with E-state index in [-0.39, 0.29) is 0 Å². The molecule has 1 saturated carbocycles. The molecule has 0 unspecified atom stereocenters. The highest BCUT2D eigenvalue weighted by Crippen LogP contribution is 2.25. The predicted octanol–water partition coefficient (Wildman–Crippen LogP) is 1.93. The largest absolute Gasteiger partial charge is 0.367 e. The minimum atomic E-state index is 0.400. The zero-order valence-electron chi connectivity index (χ0n) is 9.82. The lowest BCUT2D eigenvalue weighted by Gasteiger charge is -2.27. The molecule has 0 radical (unpaired) electrons. The predicted molar refractivity (Wildman–Crippen MR) is 65.0 cm³/mol. The van der Waals surface area contributed by atoms with Crippen molar-refractivity contribution in [3.05, 3.63) is 18.1 Å². The second kappa shape index (κ2) is 5.25. The van der Waals surface area contributed by atoms with Crippen molar-refractivity contribution in [2.45, 2.75) is 45.2 Å². The molecule has 1 heterocycles. The first kappa shape index (κ1) is 11.3. The molecule has 4 heteroatoms. The molecule has 88 valence electrons. The van der Waals surface area contributed by atoms with Crippen molar-refractivity contribution in [3.63, 3.8) is 0 Å². The lowest BCUT2D eigenvalue weighted by molar-refractivity contribution is 0.360. The molecule has 1 aliphatic carbocycles. The van der Waals surface area contributed by atoms with Gasteiger partial charge in [0.05, 0.1) is 6.54 Å². The Balaban J connectivity index is 1.93. The summed E-state index contributed by atoms with van der Waals surface area (Å²) in [4.78, 5) is 8.44. The lowest BCUT2D eigenvalue weighted by Crippen LogP contribution is -2.25. The summed E-state index contributed by atoms with van der Waals surface area (Å²) in [5.41, 5.74) is 5.52. The Hall–Kier alpha value is -1.16. The average Bonchev–Trinajstić information content (AvgIpc) is 2.32. The molecule has 1 aliphatic rings. The fourth-order valence-electron chi connectivity index (χ4n) is 2.19. The fraction of sp³-hybridized carbons (Fsp3) is 0.667. The third-order valence-corrected chi connectivity index (χ3v) is 3.26.